The summed E-state index contributed by atoms with van der Waals surface area (Å²) in [5.41, 5.74) is -0.139. The van der Waals surface area contributed by atoms with Crippen molar-refractivity contribution < 1.29 is 14.4 Å². The van der Waals surface area contributed by atoms with Gasteiger partial charge in [0.15, 0.2) is 0 Å². The van der Waals surface area contributed by atoms with Crippen LogP contribution in [0.4, 0.5) is 0 Å². The highest BCUT2D eigenvalue weighted by molar-refractivity contribution is 6.01. The number of piperidine rings is 1. The van der Waals surface area contributed by atoms with Crippen LogP contribution in [0.25, 0.3) is 10.8 Å². The summed E-state index contributed by atoms with van der Waals surface area (Å²) in [6.45, 7) is 12.3. The molecule has 0 spiro atoms. The Morgan fingerprint density at radius 3 is 2.39 bits per heavy atom. The fourth-order valence-corrected chi connectivity index (χ4v) is 5.66. The number of amides is 3. The number of carbonyl (C=O) groups is 3. The highest BCUT2D eigenvalue weighted by atomic mass is 16.2. The molecule has 1 heterocycles. The first-order chi connectivity index (χ1) is 16.9. The number of nitrogens with one attached hydrogen (secondary N) is 2. The lowest BCUT2D eigenvalue weighted by molar-refractivity contribution is -0.143. The maximum atomic E-state index is 14.0. The minimum Gasteiger partial charge on any atom is -0.340 e. The monoisotopic (exact) mass is 488 g/mol. The van der Waals surface area contributed by atoms with E-state index < -0.39 is 23.5 Å². The Morgan fingerprint density at radius 2 is 1.78 bits per heavy atom. The van der Waals surface area contributed by atoms with Crippen LogP contribution >= 0.6 is 0 Å². The molecule has 0 unspecified atom stereocenters. The van der Waals surface area contributed by atoms with Crippen LogP contribution in [-0.2, 0) is 9.59 Å². The van der Waals surface area contributed by atoms with E-state index in [0.717, 1.165) is 10.8 Å². The van der Waals surface area contributed by atoms with E-state index in [9.17, 15) is 19.6 Å². The molecule has 3 amide bonds. The summed E-state index contributed by atoms with van der Waals surface area (Å²) >= 11 is 0. The number of nitriles is 1. The molecular weight excluding hydrogens is 452 g/mol. The predicted octanol–water partition coefficient (Wildman–Crippen LogP) is 3.89. The highest BCUT2D eigenvalue weighted by Gasteiger charge is 2.69. The first-order valence-corrected chi connectivity index (χ1v) is 12.7. The van der Waals surface area contributed by atoms with Gasteiger partial charge in [-0.05, 0) is 52.0 Å². The number of likely N-dealkylation sites (tertiary alicyclic amines) is 1. The highest BCUT2D eigenvalue weighted by Crippen LogP contribution is 2.65. The molecule has 4 rings (SSSR count). The van der Waals surface area contributed by atoms with Crippen molar-refractivity contribution in [1.82, 2.24) is 15.5 Å². The zero-order valence-corrected chi connectivity index (χ0v) is 22.0. The minimum atomic E-state index is -0.815. The van der Waals surface area contributed by atoms with Gasteiger partial charge in [0.05, 0.1) is 6.07 Å². The van der Waals surface area contributed by atoms with E-state index in [1.54, 1.807) is 11.0 Å². The average Bonchev–Trinajstić information content (AvgIpc) is 3.17. The lowest BCUT2D eigenvalue weighted by atomic mass is 9.85. The first-order valence-electron chi connectivity index (χ1n) is 12.7. The Morgan fingerprint density at radius 1 is 1.11 bits per heavy atom. The van der Waals surface area contributed by atoms with Crippen molar-refractivity contribution in [3.05, 3.63) is 48.0 Å². The van der Waals surface area contributed by atoms with Gasteiger partial charge in [-0.2, -0.15) is 5.26 Å². The summed E-state index contributed by atoms with van der Waals surface area (Å²) in [7, 11) is 0. The second-order valence-corrected chi connectivity index (χ2v) is 11.8. The molecule has 2 aliphatic rings. The van der Waals surface area contributed by atoms with Gasteiger partial charge in [-0.3, -0.25) is 14.4 Å². The summed E-state index contributed by atoms with van der Waals surface area (Å²) < 4.78 is 0. The van der Waals surface area contributed by atoms with Crippen molar-refractivity contribution in [1.29, 1.82) is 5.26 Å². The summed E-state index contributed by atoms with van der Waals surface area (Å²) in [4.78, 5) is 42.2. The summed E-state index contributed by atoms with van der Waals surface area (Å²) in [6, 6.07) is 13.3. The molecule has 1 aliphatic heterocycles. The van der Waals surface area contributed by atoms with Crippen LogP contribution in [0.1, 0.15) is 58.3 Å². The molecule has 2 N–H and O–H groups in total. The normalized spacial score (nSPS) is 23.8. The van der Waals surface area contributed by atoms with Crippen molar-refractivity contribution in [2.75, 3.05) is 6.54 Å². The molecule has 36 heavy (non-hydrogen) atoms. The lowest BCUT2D eigenvalue weighted by Crippen LogP contribution is -2.59. The van der Waals surface area contributed by atoms with Gasteiger partial charge in [-0.1, -0.05) is 71.9 Å². The molecule has 0 aromatic heterocycles. The third-order valence-corrected chi connectivity index (χ3v) is 8.04. The van der Waals surface area contributed by atoms with E-state index in [0.29, 0.717) is 18.5 Å². The van der Waals surface area contributed by atoms with Crippen molar-refractivity contribution in [2.45, 2.75) is 66.1 Å². The molecule has 7 heteroatoms. The van der Waals surface area contributed by atoms with Crippen LogP contribution < -0.4 is 10.6 Å². The van der Waals surface area contributed by atoms with E-state index in [-0.39, 0.29) is 35.0 Å². The van der Waals surface area contributed by atoms with Crippen LogP contribution in [0.15, 0.2) is 42.5 Å². The minimum absolute atomic E-state index is 0.0365. The van der Waals surface area contributed by atoms with Crippen LogP contribution in [0, 0.1) is 34.0 Å². The third-order valence-electron chi connectivity index (χ3n) is 8.04. The van der Waals surface area contributed by atoms with Gasteiger partial charge < -0.3 is 15.5 Å². The van der Waals surface area contributed by atoms with Crippen molar-refractivity contribution in [3.63, 3.8) is 0 Å². The van der Waals surface area contributed by atoms with E-state index >= 15 is 0 Å². The van der Waals surface area contributed by atoms with Crippen LogP contribution in [-0.4, -0.2) is 47.3 Å². The lowest BCUT2D eigenvalue weighted by Gasteiger charge is -2.37. The van der Waals surface area contributed by atoms with Gasteiger partial charge >= 0.3 is 0 Å². The number of benzene rings is 2. The SMILES string of the molecule is CC[C@@H](C#N)NC(=O)[C@@H]1[C@@H]2[C@H](CN1C(=O)[C@@H](NC(=O)c1ccc3ccccc3c1)C(C)(C)C)C2(C)C. The molecule has 2 aromatic rings. The molecule has 0 bridgehead atoms. The molecule has 7 nitrogen and oxygen atoms in total. The van der Waals surface area contributed by atoms with Crippen LogP contribution in [0.3, 0.4) is 0 Å². The molecule has 1 aliphatic carbocycles. The van der Waals surface area contributed by atoms with E-state index in [4.69, 9.17) is 0 Å². The van der Waals surface area contributed by atoms with E-state index in [1.165, 1.54) is 0 Å². The third kappa shape index (κ3) is 4.57. The number of carbonyl (C=O) groups excluding carboxylic acids is 3. The largest absolute Gasteiger partial charge is 0.340 e. The van der Waals surface area contributed by atoms with Gasteiger partial charge in [-0.15, -0.1) is 0 Å². The molecule has 190 valence electrons. The fourth-order valence-electron chi connectivity index (χ4n) is 5.66. The van der Waals surface area contributed by atoms with Crippen molar-refractivity contribution >= 4 is 28.5 Å². The second kappa shape index (κ2) is 9.24. The summed E-state index contributed by atoms with van der Waals surface area (Å²) in [6.07, 6.45) is 0.493. The first kappa shape index (κ1) is 25.7. The quantitative estimate of drug-likeness (QED) is 0.644. The molecule has 0 radical (unpaired) electrons. The Labute approximate surface area is 213 Å². The van der Waals surface area contributed by atoms with Gasteiger partial charge in [0.1, 0.15) is 18.1 Å². The van der Waals surface area contributed by atoms with Crippen molar-refractivity contribution in [2.24, 2.45) is 22.7 Å². The summed E-state index contributed by atoms with van der Waals surface area (Å²) in [5, 5.41) is 17.1. The zero-order valence-electron chi connectivity index (χ0n) is 22.0. The van der Waals surface area contributed by atoms with Gasteiger partial charge in [0.2, 0.25) is 11.8 Å². The molecule has 5 atom stereocenters. The van der Waals surface area contributed by atoms with Gasteiger partial charge in [0.25, 0.3) is 5.91 Å². The molecular formula is C29H36N4O3. The predicted molar refractivity (Wildman–Crippen MR) is 139 cm³/mol. The Kier molecular flexibility index (Phi) is 6.59. The standard InChI is InChI=1S/C29H36N4O3/c1-7-20(15-30)31-26(35)23-22-21(29(22,5)6)16-33(23)27(36)24(28(2,3)4)32-25(34)19-13-12-17-10-8-9-11-18(17)14-19/h8-14,20-24H,7,16H2,1-6H3,(H,31,35)(H,32,34)/t20-,21-,22-,23-,24+/m0/s1. The van der Waals surface area contributed by atoms with Gasteiger partial charge in [-0.25, -0.2) is 0 Å². The maximum Gasteiger partial charge on any atom is 0.251 e. The van der Waals surface area contributed by atoms with Crippen LogP contribution in [0.5, 0.6) is 0 Å². The number of hydrogen-bond acceptors (Lipinski definition) is 4. The fraction of sp³-hybridized carbons (Fsp3) is 0.517. The topological polar surface area (TPSA) is 102 Å². The smallest absolute Gasteiger partial charge is 0.251 e. The number of fused-ring (bicyclic) bond motifs is 2. The molecule has 1 saturated carbocycles. The second-order valence-electron chi connectivity index (χ2n) is 11.8. The van der Waals surface area contributed by atoms with E-state index in [1.807, 2.05) is 64.1 Å². The Hall–Kier alpha value is -3.40. The molecule has 1 saturated heterocycles. The van der Waals surface area contributed by atoms with E-state index in [2.05, 4.69) is 30.6 Å². The Bertz CT molecular complexity index is 1240. The Balaban J connectivity index is 1.58. The molecule has 2 fully saturated rings. The number of hydrogen-bond donors (Lipinski definition) is 2. The van der Waals surface area contributed by atoms with Crippen molar-refractivity contribution in [3.8, 4) is 6.07 Å². The number of nitrogens with zero attached hydrogens (tertiary/aromatic N) is 2. The van der Waals surface area contributed by atoms with Gasteiger partial charge in [0, 0.05) is 12.1 Å². The summed E-state index contributed by atoms with van der Waals surface area (Å²) in [5.74, 6) is -0.617. The average molecular weight is 489 g/mol. The zero-order chi connectivity index (χ0) is 26.4. The molecule has 2 aromatic carbocycles. The van der Waals surface area contributed by atoms with Crippen LogP contribution in [0.2, 0.25) is 0 Å². The maximum absolute atomic E-state index is 14.0. The number of rotatable bonds is 6.